The summed E-state index contributed by atoms with van der Waals surface area (Å²) in [4.78, 5) is 26.3. The lowest BCUT2D eigenvalue weighted by Crippen LogP contribution is -2.36. The number of nitrogens with one attached hydrogen (secondary N) is 1. The van der Waals surface area contributed by atoms with E-state index in [9.17, 15) is 9.59 Å². The maximum Gasteiger partial charge on any atom is 0.321 e. The number of rotatable bonds is 5. The number of carbonyl (C=O) groups excluding carboxylic acids is 1. The molecule has 0 saturated carbocycles. The molecule has 0 atom stereocenters. The number of anilines is 1. The van der Waals surface area contributed by atoms with Crippen molar-refractivity contribution in [3.05, 3.63) is 40.8 Å². The van der Waals surface area contributed by atoms with Crippen molar-refractivity contribution in [2.75, 3.05) is 18.4 Å². The molecular weight excluding hydrogens is 278 g/mol. The van der Waals surface area contributed by atoms with E-state index in [1.165, 1.54) is 4.57 Å². The molecule has 22 heavy (non-hydrogen) atoms. The van der Waals surface area contributed by atoms with E-state index < -0.39 is 0 Å². The number of hydrogen-bond donors (Lipinski definition) is 1. The number of fused-ring (bicyclic) bond motifs is 1. The second-order valence-electron chi connectivity index (χ2n) is 5.37. The van der Waals surface area contributed by atoms with Crippen molar-refractivity contribution in [1.29, 1.82) is 0 Å². The Hall–Kier alpha value is -2.30. The molecular formula is C17H23N3O2. The Labute approximate surface area is 130 Å². The lowest BCUT2D eigenvalue weighted by Gasteiger charge is -2.21. The summed E-state index contributed by atoms with van der Waals surface area (Å²) in [6.45, 7) is 5.47. The molecule has 0 aliphatic rings. The van der Waals surface area contributed by atoms with E-state index in [2.05, 4.69) is 12.2 Å². The lowest BCUT2D eigenvalue weighted by molar-refractivity contribution is 0.213. The van der Waals surface area contributed by atoms with Crippen LogP contribution >= 0.6 is 0 Å². The van der Waals surface area contributed by atoms with Crippen LogP contribution in [-0.2, 0) is 7.05 Å². The van der Waals surface area contributed by atoms with Gasteiger partial charge in [-0.05, 0) is 19.4 Å². The van der Waals surface area contributed by atoms with E-state index in [4.69, 9.17) is 0 Å². The van der Waals surface area contributed by atoms with Gasteiger partial charge in [0, 0.05) is 37.1 Å². The standard InChI is InChI=1S/C17H23N3O2/c1-4-6-11-20(5-2)17(22)18-15-12-19(3)16(21)14-10-8-7-9-13(14)15/h7-10,12H,4-6,11H2,1-3H3,(H,18,22). The monoisotopic (exact) mass is 301 g/mol. The summed E-state index contributed by atoms with van der Waals surface area (Å²) in [6.07, 6.45) is 3.71. The fraction of sp³-hybridized carbons (Fsp3) is 0.412. The molecule has 118 valence electrons. The van der Waals surface area contributed by atoms with Gasteiger partial charge in [-0.3, -0.25) is 4.79 Å². The summed E-state index contributed by atoms with van der Waals surface area (Å²) in [6, 6.07) is 7.21. The summed E-state index contributed by atoms with van der Waals surface area (Å²) in [7, 11) is 1.69. The van der Waals surface area contributed by atoms with Crippen LogP contribution in [0.4, 0.5) is 10.5 Å². The first-order chi connectivity index (χ1) is 10.6. The van der Waals surface area contributed by atoms with Crippen LogP contribution in [0.2, 0.25) is 0 Å². The highest BCUT2D eigenvalue weighted by molar-refractivity contribution is 6.00. The number of urea groups is 1. The molecule has 0 spiro atoms. The molecule has 0 unspecified atom stereocenters. The SMILES string of the molecule is CCCCN(CC)C(=O)Nc1cn(C)c(=O)c2ccccc12. The minimum Gasteiger partial charge on any atom is -0.325 e. The summed E-state index contributed by atoms with van der Waals surface area (Å²) in [5.74, 6) is 0. The first-order valence-electron chi connectivity index (χ1n) is 7.72. The van der Waals surface area contributed by atoms with Crippen molar-refractivity contribution in [2.24, 2.45) is 7.05 Å². The molecule has 1 N–H and O–H groups in total. The first kappa shape index (κ1) is 16.1. The second kappa shape index (κ2) is 7.11. The molecule has 0 bridgehead atoms. The topological polar surface area (TPSA) is 54.3 Å². The third-order valence-corrected chi connectivity index (χ3v) is 3.78. The zero-order valence-corrected chi connectivity index (χ0v) is 13.4. The zero-order valence-electron chi connectivity index (χ0n) is 13.4. The van der Waals surface area contributed by atoms with E-state index >= 15 is 0 Å². The van der Waals surface area contributed by atoms with Crippen molar-refractivity contribution in [3.8, 4) is 0 Å². The maximum atomic E-state index is 12.4. The fourth-order valence-corrected chi connectivity index (χ4v) is 2.46. The third kappa shape index (κ3) is 3.30. The van der Waals surface area contributed by atoms with Crippen LogP contribution in [0.3, 0.4) is 0 Å². The van der Waals surface area contributed by atoms with Gasteiger partial charge in [0.1, 0.15) is 0 Å². The van der Waals surface area contributed by atoms with Crippen LogP contribution in [0.25, 0.3) is 10.8 Å². The third-order valence-electron chi connectivity index (χ3n) is 3.78. The Balaban J connectivity index is 2.33. The molecule has 1 aromatic carbocycles. The van der Waals surface area contributed by atoms with E-state index in [0.29, 0.717) is 17.6 Å². The summed E-state index contributed by atoms with van der Waals surface area (Å²) < 4.78 is 1.50. The molecule has 0 aliphatic carbocycles. The number of nitrogens with zero attached hydrogens (tertiary/aromatic N) is 2. The van der Waals surface area contributed by atoms with Crippen LogP contribution in [0.15, 0.2) is 35.3 Å². The molecule has 0 saturated heterocycles. The maximum absolute atomic E-state index is 12.4. The molecule has 0 radical (unpaired) electrons. The van der Waals surface area contributed by atoms with Crippen molar-refractivity contribution >= 4 is 22.5 Å². The number of amides is 2. The number of benzene rings is 1. The van der Waals surface area contributed by atoms with Crippen molar-refractivity contribution < 1.29 is 4.79 Å². The molecule has 5 nitrogen and oxygen atoms in total. The molecule has 5 heteroatoms. The number of aromatic nitrogens is 1. The van der Waals surface area contributed by atoms with Crippen molar-refractivity contribution in [2.45, 2.75) is 26.7 Å². The Bertz CT molecular complexity index is 721. The highest BCUT2D eigenvalue weighted by atomic mass is 16.2. The summed E-state index contributed by atoms with van der Waals surface area (Å²) >= 11 is 0. The minimum absolute atomic E-state index is 0.0630. The number of aryl methyl sites for hydroxylation is 1. The van der Waals surface area contributed by atoms with Crippen LogP contribution in [-0.4, -0.2) is 28.6 Å². The van der Waals surface area contributed by atoms with Gasteiger partial charge in [0.05, 0.1) is 5.69 Å². The van der Waals surface area contributed by atoms with Crippen molar-refractivity contribution in [3.63, 3.8) is 0 Å². The fourth-order valence-electron chi connectivity index (χ4n) is 2.46. The second-order valence-corrected chi connectivity index (χ2v) is 5.37. The Morgan fingerprint density at radius 3 is 2.55 bits per heavy atom. The predicted octanol–water partition coefficient (Wildman–Crippen LogP) is 3.19. The predicted molar refractivity (Wildman–Crippen MR) is 90.4 cm³/mol. The van der Waals surface area contributed by atoms with E-state index in [-0.39, 0.29) is 11.6 Å². The lowest BCUT2D eigenvalue weighted by atomic mass is 10.1. The Morgan fingerprint density at radius 1 is 1.23 bits per heavy atom. The highest BCUT2D eigenvalue weighted by Gasteiger charge is 2.14. The number of hydrogen-bond acceptors (Lipinski definition) is 2. The van der Waals surface area contributed by atoms with Crippen LogP contribution in [0.1, 0.15) is 26.7 Å². The quantitative estimate of drug-likeness (QED) is 0.922. The average Bonchev–Trinajstić information content (AvgIpc) is 2.53. The molecule has 1 aromatic heterocycles. The number of pyridine rings is 1. The smallest absolute Gasteiger partial charge is 0.321 e. The summed E-state index contributed by atoms with van der Waals surface area (Å²) in [5.41, 5.74) is 0.601. The largest absolute Gasteiger partial charge is 0.325 e. The summed E-state index contributed by atoms with van der Waals surface area (Å²) in [5, 5.41) is 4.32. The Kier molecular flexibility index (Phi) is 5.20. The van der Waals surface area contributed by atoms with Crippen LogP contribution in [0, 0.1) is 0 Å². The van der Waals surface area contributed by atoms with Gasteiger partial charge < -0.3 is 14.8 Å². The van der Waals surface area contributed by atoms with Gasteiger partial charge in [-0.1, -0.05) is 31.5 Å². The Morgan fingerprint density at radius 2 is 1.91 bits per heavy atom. The normalized spacial score (nSPS) is 10.7. The van der Waals surface area contributed by atoms with Gasteiger partial charge in [-0.15, -0.1) is 0 Å². The van der Waals surface area contributed by atoms with Crippen molar-refractivity contribution in [1.82, 2.24) is 9.47 Å². The minimum atomic E-state index is -0.125. The van der Waals surface area contributed by atoms with Gasteiger partial charge in [-0.25, -0.2) is 4.79 Å². The van der Waals surface area contributed by atoms with Gasteiger partial charge in [-0.2, -0.15) is 0 Å². The van der Waals surface area contributed by atoms with E-state index in [1.54, 1.807) is 24.2 Å². The van der Waals surface area contributed by atoms with Gasteiger partial charge >= 0.3 is 6.03 Å². The van der Waals surface area contributed by atoms with Crippen LogP contribution in [0.5, 0.6) is 0 Å². The van der Waals surface area contributed by atoms with E-state index in [1.807, 2.05) is 25.1 Å². The highest BCUT2D eigenvalue weighted by Crippen LogP contribution is 2.20. The molecule has 0 fully saturated rings. The molecule has 2 amide bonds. The molecule has 0 aliphatic heterocycles. The van der Waals surface area contributed by atoms with Gasteiger partial charge in [0.15, 0.2) is 0 Å². The number of carbonyl (C=O) groups is 1. The number of unbranched alkanes of at least 4 members (excludes halogenated alkanes) is 1. The zero-order chi connectivity index (χ0) is 16.1. The molecule has 1 heterocycles. The average molecular weight is 301 g/mol. The first-order valence-corrected chi connectivity index (χ1v) is 7.72. The molecule has 2 rings (SSSR count). The van der Waals surface area contributed by atoms with Crippen LogP contribution < -0.4 is 10.9 Å². The van der Waals surface area contributed by atoms with Gasteiger partial charge in [0.2, 0.25) is 0 Å². The molecule has 2 aromatic rings. The van der Waals surface area contributed by atoms with E-state index in [0.717, 1.165) is 24.8 Å². The van der Waals surface area contributed by atoms with Gasteiger partial charge in [0.25, 0.3) is 5.56 Å².